The normalized spacial score (nSPS) is 16.2. The van der Waals surface area contributed by atoms with Crippen molar-refractivity contribution >= 4 is 39.2 Å². The first-order chi connectivity index (χ1) is 15.8. The van der Waals surface area contributed by atoms with Gasteiger partial charge in [-0.15, -0.1) is 0 Å². The van der Waals surface area contributed by atoms with Crippen molar-refractivity contribution in [3.63, 3.8) is 0 Å². The van der Waals surface area contributed by atoms with Crippen molar-refractivity contribution in [2.45, 2.75) is 17.6 Å². The summed E-state index contributed by atoms with van der Waals surface area (Å²) in [6, 6.07) is 20.0. The van der Waals surface area contributed by atoms with Crippen molar-refractivity contribution in [2.75, 3.05) is 11.9 Å². The molecule has 0 saturated carbocycles. The zero-order valence-electron chi connectivity index (χ0n) is 17.2. The molecule has 8 nitrogen and oxygen atoms in total. The van der Waals surface area contributed by atoms with E-state index in [4.69, 9.17) is 16.3 Å². The first kappa shape index (κ1) is 22.8. The fraction of sp³-hybridized carbons (Fsp3) is 0.130. The van der Waals surface area contributed by atoms with Crippen LogP contribution in [0.5, 0.6) is 0 Å². The molecule has 170 valence electrons. The van der Waals surface area contributed by atoms with E-state index in [9.17, 15) is 18.0 Å². The molecule has 1 unspecified atom stereocenters. The Morgan fingerprint density at radius 2 is 1.67 bits per heavy atom. The van der Waals surface area contributed by atoms with E-state index in [-0.39, 0.29) is 17.0 Å². The summed E-state index contributed by atoms with van der Waals surface area (Å²) in [6.45, 7) is -0.218. The van der Waals surface area contributed by atoms with Crippen LogP contribution in [0, 0.1) is 0 Å². The molecule has 0 fully saturated rings. The van der Waals surface area contributed by atoms with E-state index in [0.717, 1.165) is 5.56 Å². The number of benzene rings is 3. The quantitative estimate of drug-likeness (QED) is 0.462. The van der Waals surface area contributed by atoms with E-state index in [0.29, 0.717) is 16.3 Å². The number of esters is 1. The summed E-state index contributed by atoms with van der Waals surface area (Å²) >= 11 is 6.05. The van der Waals surface area contributed by atoms with Gasteiger partial charge in [0.25, 0.3) is 5.91 Å². The zero-order chi connectivity index (χ0) is 23.4. The first-order valence-corrected chi connectivity index (χ1v) is 11.8. The minimum absolute atomic E-state index is 0.175. The number of hydrogen-bond donors (Lipinski definition) is 3. The van der Waals surface area contributed by atoms with Crippen molar-refractivity contribution in [2.24, 2.45) is 0 Å². The molecule has 33 heavy (non-hydrogen) atoms. The average molecular weight is 486 g/mol. The van der Waals surface area contributed by atoms with Gasteiger partial charge in [-0.25, -0.2) is 13.2 Å². The van der Waals surface area contributed by atoms with Crippen LogP contribution in [0.1, 0.15) is 27.7 Å². The minimum Gasteiger partial charge on any atom is -0.452 e. The number of sulfonamides is 1. The van der Waals surface area contributed by atoms with E-state index in [2.05, 4.69) is 15.4 Å². The SMILES string of the molecule is O=C(COC(=O)c1ccc(C2Nc3ccccc3S(=O)(=O)N2)cc1)NCc1ccccc1Cl. The third kappa shape index (κ3) is 5.33. The molecule has 0 radical (unpaired) electrons. The largest absolute Gasteiger partial charge is 0.452 e. The lowest BCUT2D eigenvalue weighted by Gasteiger charge is -2.28. The number of halogens is 1. The van der Waals surface area contributed by atoms with Crippen LogP contribution in [-0.2, 0) is 26.1 Å². The highest BCUT2D eigenvalue weighted by Crippen LogP contribution is 2.30. The Labute approximate surface area is 196 Å². The molecule has 4 rings (SSSR count). The molecule has 0 aliphatic carbocycles. The van der Waals surface area contributed by atoms with Crippen molar-refractivity contribution in [1.82, 2.24) is 10.0 Å². The molecule has 1 amide bonds. The van der Waals surface area contributed by atoms with Crippen LogP contribution >= 0.6 is 11.6 Å². The van der Waals surface area contributed by atoms with Crippen LogP contribution in [0.4, 0.5) is 5.69 Å². The summed E-state index contributed by atoms with van der Waals surface area (Å²) in [5.74, 6) is -1.13. The third-order valence-corrected chi connectivity index (χ3v) is 6.85. The minimum atomic E-state index is -3.67. The Bertz CT molecular complexity index is 1300. The lowest BCUT2D eigenvalue weighted by Crippen LogP contribution is -2.38. The number of para-hydroxylation sites is 1. The van der Waals surface area contributed by atoms with E-state index < -0.39 is 34.7 Å². The Kier molecular flexibility index (Phi) is 6.64. The second-order valence-corrected chi connectivity index (χ2v) is 9.35. The topological polar surface area (TPSA) is 114 Å². The van der Waals surface area contributed by atoms with Crippen LogP contribution in [-0.4, -0.2) is 26.9 Å². The Hall–Kier alpha value is -3.40. The second-order valence-electron chi connectivity index (χ2n) is 7.26. The number of anilines is 1. The van der Waals surface area contributed by atoms with Crippen LogP contribution in [0.15, 0.2) is 77.7 Å². The number of carbonyl (C=O) groups is 2. The van der Waals surface area contributed by atoms with Gasteiger partial charge in [-0.2, -0.15) is 4.72 Å². The third-order valence-electron chi connectivity index (χ3n) is 5.00. The van der Waals surface area contributed by atoms with Gasteiger partial charge in [0.1, 0.15) is 11.1 Å². The number of ether oxygens (including phenoxy) is 1. The van der Waals surface area contributed by atoms with E-state index >= 15 is 0 Å². The van der Waals surface area contributed by atoms with E-state index in [1.165, 1.54) is 18.2 Å². The van der Waals surface area contributed by atoms with Crippen LogP contribution in [0.25, 0.3) is 0 Å². The Balaban J connectivity index is 1.33. The molecule has 10 heteroatoms. The number of carbonyl (C=O) groups excluding carboxylic acids is 2. The highest BCUT2D eigenvalue weighted by atomic mass is 35.5. The van der Waals surface area contributed by atoms with Crippen LogP contribution < -0.4 is 15.4 Å². The Morgan fingerprint density at radius 1 is 0.970 bits per heavy atom. The van der Waals surface area contributed by atoms with Crippen molar-refractivity contribution in [3.05, 3.63) is 94.5 Å². The van der Waals surface area contributed by atoms with Crippen molar-refractivity contribution in [3.8, 4) is 0 Å². The molecule has 1 heterocycles. The maximum absolute atomic E-state index is 12.5. The van der Waals surface area contributed by atoms with E-state index in [1.54, 1.807) is 48.5 Å². The van der Waals surface area contributed by atoms with Crippen molar-refractivity contribution in [1.29, 1.82) is 0 Å². The molecule has 0 saturated heterocycles. The number of rotatable bonds is 6. The average Bonchev–Trinajstić information content (AvgIpc) is 2.81. The van der Waals surface area contributed by atoms with Gasteiger partial charge in [0, 0.05) is 11.6 Å². The van der Waals surface area contributed by atoms with Gasteiger partial charge in [-0.05, 0) is 41.5 Å². The van der Waals surface area contributed by atoms with Gasteiger partial charge in [0.2, 0.25) is 10.0 Å². The predicted molar refractivity (Wildman–Crippen MR) is 123 cm³/mol. The van der Waals surface area contributed by atoms with Crippen LogP contribution in [0.2, 0.25) is 5.02 Å². The standard InChI is InChI=1S/C23H20ClN3O5S/c24-18-6-2-1-5-17(18)13-25-21(28)14-32-23(29)16-11-9-15(10-12-16)22-26-19-7-3-4-8-20(19)33(30,31)27-22/h1-12,22,26-27H,13-14H2,(H,25,28). The number of hydrogen-bond acceptors (Lipinski definition) is 6. The lowest BCUT2D eigenvalue weighted by atomic mass is 10.1. The molecule has 0 spiro atoms. The molecular formula is C23H20ClN3O5S. The van der Waals surface area contributed by atoms with E-state index in [1.807, 2.05) is 6.07 Å². The van der Waals surface area contributed by atoms with Gasteiger partial charge >= 0.3 is 5.97 Å². The molecule has 0 aromatic heterocycles. The summed E-state index contributed by atoms with van der Waals surface area (Å²) in [6.07, 6.45) is -0.689. The second kappa shape index (κ2) is 9.62. The summed E-state index contributed by atoms with van der Waals surface area (Å²) in [4.78, 5) is 24.4. The number of nitrogens with one attached hydrogen (secondary N) is 3. The number of amides is 1. The number of fused-ring (bicyclic) bond motifs is 1. The molecule has 1 aliphatic rings. The highest BCUT2D eigenvalue weighted by Gasteiger charge is 2.29. The molecular weight excluding hydrogens is 466 g/mol. The maximum atomic E-state index is 12.5. The smallest absolute Gasteiger partial charge is 0.338 e. The molecule has 3 aromatic rings. The van der Waals surface area contributed by atoms with Crippen molar-refractivity contribution < 1.29 is 22.7 Å². The lowest BCUT2D eigenvalue weighted by molar-refractivity contribution is -0.124. The maximum Gasteiger partial charge on any atom is 0.338 e. The molecule has 3 N–H and O–H groups in total. The fourth-order valence-electron chi connectivity index (χ4n) is 3.29. The fourth-order valence-corrected chi connectivity index (χ4v) is 4.80. The van der Waals surface area contributed by atoms with Gasteiger partial charge in [0.15, 0.2) is 6.61 Å². The highest BCUT2D eigenvalue weighted by molar-refractivity contribution is 7.89. The summed E-state index contributed by atoms with van der Waals surface area (Å²) in [7, 11) is -3.67. The summed E-state index contributed by atoms with van der Waals surface area (Å²) in [5, 5.41) is 6.30. The zero-order valence-corrected chi connectivity index (χ0v) is 18.8. The summed E-state index contributed by atoms with van der Waals surface area (Å²) in [5.41, 5.74) is 2.09. The Morgan fingerprint density at radius 3 is 2.42 bits per heavy atom. The first-order valence-electron chi connectivity index (χ1n) is 9.98. The van der Waals surface area contributed by atoms with Gasteiger partial charge in [-0.3, -0.25) is 4.79 Å². The van der Waals surface area contributed by atoms with Crippen LogP contribution in [0.3, 0.4) is 0 Å². The van der Waals surface area contributed by atoms with Gasteiger partial charge < -0.3 is 15.4 Å². The predicted octanol–water partition coefficient (Wildman–Crippen LogP) is 3.22. The molecule has 3 aromatic carbocycles. The van der Waals surface area contributed by atoms with Gasteiger partial charge in [-0.1, -0.05) is 54.1 Å². The molecule has 1 aliphatic heterocycles. The molecule has 0 bridgehead atoms. The monoisotopic (exact) mass is 485 g/mol. The molecule has 1 atom stereocenters. The van der Waals surface area contributed by atoms with Gasteiger partial charge in [0.05, 0.1) is 11.3 Å². The summed E-state index contributed by atoms with van der Waals surface area (Å²) < 4.78 is 32.6.